The molecule has 2 aromatic carbocycles. The number of ether oxygens (including phenoxy) is 2. The monoisotopic (exact) mass is 420 g/mol. The second-order valence-electron chi connectivity index (χ2n) is 9.36. The number of hydroxylamine groups is 2. The summed E-state index contributed by atoms with van der Waals surface area (Å²) in [4.78, 5) is 11.2. The zero-order valence-electron chi connectivity index (χ0n) is 17.7. The fraction of sp³-hybridized carbons (Fsp3) is 0.458. The SMILES string of the molecule is CN1OC2(C[C@H](C34CCC(CC3)OC4)Oc3ccc(-c4cccc(N)c4)cc32)N=C1N. The highest BCUT2D eigenvalue weighted by Gasteiger charge is 2.56. The fourth-order valence-corrected chi connectivity index (χ4v) is 5.65. The van der Waals surface area contributed by atoms with E-state index in [-0.39, 0.29) is 11.5 Å². The lowest BCUT2D eigenvalue weighted by Gasteiger charge is -2.52. The van der Waals surface area contributed by atoms with Gasteiger partial charge in [-0.2, -0.15) is 0 Å². The molecular formula is C24H28N4O3. The Balaban J connectivity index is 1.45. The molecule has 0 aromatic heterocycles. The minimum absolute atomic E-state index is 0.000789. The molecule has 2 bridgehead atoms. The molecule has 3 fully saturated rings. The second kappa shape index (κ2) is 6.61. The van der Waals surface area contributed by atoms with Gasteiger partial charge in [-0.1, -0.05) is 18.2 Å². The molecule has 4 aliphatic heterocycles. The molecule has 1 aliphatic carbocycles. The number of hydrogen-bond acceptors (Lipinski definition) is 7. The molecule has 0 amide bonds. The third-order valence-electron chi connectivity index (χ3n) is 7.48. The van der Waals surface area contributed by atoms with Crippen LogP contribution in [-0.4, -0.2) is 36.9 Å². The van der Waals surface area contributed by atoms with E-state index in [4.69, 9.17) is 30.8 Å². The van der Waals surface area contributed by atoms with Crippen LogP contribution in [0.15, 0.2) is 47.5 Å². The van der Waals surface area contributed by atoms with Crippen LogP contribution < -0.4 is 16.2 Å². The van der Waals surface area contributed by atoms with Crippen molar-refractivity contribution in [3.63, 3.8) is 0 Å². The number of aliphatic imine (C=N–C) groups is 1. The summed E-state index contributed by atoms with van der Waals surface area (Å²) in [6, 6.07) is 14.1. The number of guanidine groups is 1. The van der Waals surface area contributed by atoms with Gasteiger partial charge in [0.1, 0.15) is 11.9 Å². The number of benzene rings is 2. The first-order valence-electron chi connectivity index (χ1n) is 11.0. The Morgan fingerprint density at radius 2 is 1.87 bits per heavy atom. The van der Waals surface area contributed by atoms with Gasteiger partial charge in [-0.25, -0.2) is 14.9 Å². The van der Waals surface area contributed by atoms with Crippen LogP contribution in [0.25, 0.3) is 11.1 Å². The molecular weight excluding hydrogens is 392 g/mol. The van der Waals surface area contributed by atoms with E-state index in [1.807, 2.05) is 30.3 Å². The van der Waals surface area contributed by atoms with Crippen molar-refractivity contribution in [2.45, 2.75) is 50.0 Å². The smallest absolute Gasteiger partial charge is 0.221 e. The van der Waals surface area contributed by atoms with Crippen molar-refractivity contribution >= 4 is 11.6 Å². The second-order valence-corrected chi connectivity index (χ2v) is 9.36. The van der Waals surface area contributed by atoms with Gasteiger partial charge < -0.3 is 20.9 Å². The van der Waals surface area contributed by atoms with Crippen LogP contribution in [0, 0.1) is 5.41 Å². The molecule has 5 aliphatic rings. The molecule has 4 heterocycles. The number of rotatable bonds is 2. The maximum Gasteiger partial charge on any atom is 0.221 e. The van der Waals surface area contributed by atoms with Gasteiger partial charge in [-0.15, -0.1) is 0 Å². The Morgan fingerprint density at radius 3 is 2.55 bits per heavy atom. The predicted octanol–water partition coefficient (Wildman–Crippen LogP) is 3.39. The largest absolute Gasteiger partial charge is 0.489 e. The zero-order chi connectivity index (χ0) is 21.2. The molecule has 2 aromatic rings. The van der Waals surface area contributed by atoms with Crippen LogP contribution in [0.4, 0.5) is 5.69 Å². The fourth-order valence-electron chi connectivity index (χ4n) is 5.65. The first-order chi connectivity index (χ1) is 15.0. The number of hydrogen-bond donors (Lipinski definition) is 2. The van der Waals surface area contributed by atoms with Gasteiger partial charge in [0.25, 0.3) is 0 Å². The summed E-state index contributed by atoms with van der Waals surface area (Å²) >= 11 is 0. The Hall–Kier alpha value is -2.77. The summed E-state index contributed by atoms with van der Waals surface area (Å²) in [5.74, 6) is 1.18. The Bertz CT molecular complexity index is 1050. The minimum atomic E-state index is -0.892. The van der Waals surface area contributed by atoms with E-state index in [1.165, 1.54) is 0 Å². The zero-order valence-corrected chi connectivity index (χ0v) is 17.7. The summed E-state index contributed by atoms with van der Waals surface area (Å²) in [5.41, 5.74) is 15.0. The van der Waals surface area contributed by atoms with Gasteiger partial charge in [-0.3, -0.25) is 0 Å². The van der Waals surface area contributed by atoms with Crippen molar-refractivity contribution in [3.8, 4) is 16.9 Å². The van der Waals surface area contributed by atoms with Gasteiger partial charge in [0, 0.05) is 24.6 Å². The Morgan fingerprint density at radius 1 is 1.06 bits per heavy atom. The standard InChI is InChI=1S/C24H28N4O3/c1-28-22(26)27-24(31-28)13-21(23-9-7-18(8-10-23)29-14-23)30-20-6-5-16(12-19(20)24)15-3-2-4-17(25)11-15/h2-6,11-12,18,21H,7-10,13-14,25H2,1H3,(H2,26,27)/t18?,21-,23?,24?/m1/s1. The van der Waals surface area contributed by atoms with Crippen molar-refractivity contribution in [1.29, 1.82) is 0 Å². The number of anilines is 1. The summed E-state index contributed by atoms with van der Waals surface area (Å²) in [6.07, 6.45) is 5.41. The highest BCUT2D eigenvalue weighted by atomic mass is 16.7. The average Bonchev–Trinajstić information content (AvgIpc) is 3.08. The van der Waals surface area contributed by atoms with Gasteiger partial charge >= 0.3 is 0 Å². The van der Waals surface area contributed by atoms with E-state index in [0.717, 1.165) is 60.4 Å². The van der Waals surface area contributed by atoms with E-state index in [9.17, 15) is 0 Å². The molecule has 7 heteroatoms. The first kappa shape index (κ1) is 19.0. The van der Waals surface area contributed by atoms with Crippen molar-refractivity contribution in [2.75, 3.05) is 19.4 Å². The predicted molar refractivity (Wildman–Crippen MR) is 118 cm³/mol. The third-order valence-corrected chi connectivity index (χ3v) is 7.48. The van der Waals surface area contributed by atoms with E-state index in [2.05, 4.69) is 12.1 Å². The molecule has 4 N–H and O–H groups in total. The lowest BCUT2D eigenvalue weighted by molar-refractivity contribution is -0.217. The van der Waals surface area contributed by atoms with E-state index >= 15 is 0 Å². The molecule has 31 heavy (non-hydrogen) atoms. The first-order valence-corrected chi connectivity index (χ1v) is 11.0. The molecule has 2 saturated heterocycles. The molecule has 162 valence electrons. The van der Waals surface area contributed by atoms with Crippen molar-refractivity contribution in [3.05, 3.63) is 48.0 Å². The number of nitrogens with two attached hydrogens (primary N) is 2. The highest BCUT2D eigenvalue weighted by molar-refractivity contribution is 5.79. The summed E-state index contributed by atoms with van der Waals surface area (Å²) < 4.78 is 12.7. The van der Waals surface area contributed by atoms with E-state index < -0.39 is 5.72 Å². The number of fused-ring (bicyclic) bond motifs is 5. The number of nitrogen functional groups attached to an aromatic ring is 1. The molecule has 1 unspecified atom stereocenters. The van der Waals surface area contributed by atoms with Crippen LogP contribution in [0.2, 0.25) is 0 Å². The van der Waals surface area contributed by atoms with E-state index in [0.29, 0.717) is 18.5 Å². The maximum absolute atomic E-state index is 6.65. The van der Waals surface area contributed by atoms with Crippen LogP contribution >= 0.6 is 0 Å². The molecule has 7 nitrogen and oxygen atoms in total. The van der Waals surface area contributed by atoms with Crippen LogP contribution in [0.1, 0.15) is 37.7 Å². The van der Waals surface area contributed by atoms with Crippen molar-refractivity contribution in [1.82, 2.24) is 5.06 Å². The van der Waals surface area contributed by atoms with Gasteiger partial charge in [-0.05, 0) is 61.1 Å². The lowest BCUT2D eigenvalue weighted by atomic mass is 9.65. The molecule has 1 saturated carbocycles. The summed E-state index contributed by atoms with van der Waals surface area (Å²) in [7, 11) is 1.80. The maximum atomic E-state index is 6.65. The summed E-state index contributed by atoms with van der Waals surface area (Å²) in [6.45, 7) is 0.740. The topological polar surface area (TPSA) is 95.3 Å². The summed E-state index contributed by atoms with van der Waals surface area (Å²) in [5, 5.41) is 1.56. The van der Waals surface area contributed by atoms with Crippen LogP contribution in [0.5, 0.6) is 5.75 Å². The Labute approximate surface area is 181 Å². The number of nitrogens with zero attached hydrogens (tertiary/aromatic N) is 2. The molecule has 2 atom stereocenters. The average molecular weight is 421 g/mol. The molecule has 7 rings (SSSR count). The van der Waals surface area contributed by atoms with Gasteiger partial charge in [0.2, 0.25) is 11.7 Å². The quantitative estimate of drug-likeness (QED) is 0.723. The van der Waals surface area contributed by atoms with E-state index in [1.54, 1.807) is 12.1 Å². The third kappa shape index (κ3) is 2.91. The normalized spacial score (nSPS) is 33.8. The minimum Gasteiger partial charge on any atom is -0.489 e. The van der Waals surface area contributed by atoms with Crippen molar-refractivity contribution < 1.29 is 14.3 Å². The van der Waals surface area contributed by atoms with Crippen LogP contribution in [-0.2, 0) is 15.3 Å². The van der Waals surface area contributed by atoms with Crippen molar-refractivity contribution in [2.24, 2.45) is 16.1 Å². The molecule has 1 spiro atoms. The van der Waals surface area contributed by atoms with Gasteiger partial charge in [0.15, 0.2) is 0 Å². The van der Waals surface area contributed by atoms with Crippen LogP contribution in [0.3, 0.4) is 0 Å². The van der Waals surface area contributed by atoms with Gasteiger partial charge in [0.05, 0.1) is 18.3 Å². The highest BCUT2D eigenvalue weighted by Crippen LogP contribution is 2.55. The molecule has 0 radical (unpaired) electrons. The Kier molecular flexibility index (Phi) is 4.04. The lowest BCUT2D eigenvalue weighted by Crippen LogP contribution is -2.55.